The average Bonchev–Trinajstić information content (AvgIpc) is 3.44. The molecule has 0 bridgehead atoms. The number of aromatic nitrogens is 2. The maximum atomic E-state index is 14.5. The number of nitrogens with zero attached hydrogens (tertiary/aromatic N) is 2. The highest BCUT2D eigenvalue weighted by Gasteiger charge is 2.42. The topological polar surface area (TPSA) is 68.3 Å². The van der Waals surface area contributed by atoms with Gasteiger partial charge in [-0.25, -0.2) is 4.98 Å². The van der Waals surface area contributed by atoms with E-state index < -0.39 is 29.1 Å². The van der Waals surface area contributed by atoms with Crippen molar-refractivity contribution in [2.75, 3.05) is 0 Å². The van der Waals surface area contributed by atoms with Gasteiger partial charge in [0.1, 0.15) is 11.4 Å². The van der Waals surface area contributed by atoms with Gasteiger partial charge in [0.05, 0.1) is 11.8 Å². The highest BCUT2D eigenvalue weighted by molar-refractivity contribution is 6.35. The van der Waals surface area contributed by atoms with E-state index in [0.717, 1.165) is 10.6 Å². The Balaban J connectivity index is 1.71. The molecule has 0 aliphatic carbocycles. The SMILES string of the molecule is O=C(c1ncc(-c2ccccc2)o1)c1c(C(F)(F)F)n(Cc2ccc(Cl)cc2Cl)c2ccc(O)cc12. The molecule has 0 aliphatic heterocycles. The third kappa shape index (κ3) is 4.34. The molecule has 0 amide bonds. The van der Waals surface area contributed by atoms with Crippen LogP contribution in [0.25, 0.3) is 22.2 Å². The van der Waals surface area contributed by atoms with Gasteiger partial charge in [-0.1, -0.05) is 59.6 Å². The molecule has 5 aromatic rings. The number of oxazole rings is 1. The summed E-state index contributed by atoms with van der Waals surface area (Å²) in [6.45, 7) is -0.305. The lowest BCUT2D eigenvalue weighted by Gasteiger charge is -2.15. The molecule has 0 saturated carbocycles. The van der Waals surface area contributed by atoms with Crippen LogP contribution in [-0.4, -0.2) is 20.4 Å². The molecule has 1 N–H and O–H groups in total. The lowest BCUT2D eigenvalue weighted by atomic mass is 10.1. The van der Waals surface area contributed by atoms with Crippen LogP contribution in [0, 0.1) is 0 Å². The van der Waals surface area contributed by atoms with E-state index in [1.807, 2.05) is 0 Å². The highest BCUT2D eigenvalue weighted by atomic mass is 35.5. The lowest BCUT2D eigenvalue weighted by molar-refractivity contribution is -0.143. The lowest BCUT2D eigenvalue weighted by Crippen LogP contribution is -2.19. The summed E-state index contributed by atoms with van der Waals surface area (Å²) in [7, 11) is 0. The number of alkyl halides is 3. The van der Waals surface area contributed by atoms with Crippen LogP contribution in [0.15, 0.2) is 77.3 Å². The van der Waals surface area contributed by atoms with Crippen LogP contribution < -0.4 is 0 Å². The molecular weight excluding hydrogens is 516 g/mol. The number of fused-ring (bicyclic) bond motifs is 1. The highest BCUT2D eigenvalue weighted by Crippen LogP contribution is 2.41. The second-order valence-corrected chi connectivity index (χ2v) is 8.81. The fraction of sp³-hybridized carbons (Fsp3) is 0.0769. The first-order valence-electron chi connectivity index (χ1n) is 10.6. The molecule has 0 aliphatic rings. The minimum Gasteiger partial charge on any atom is -0.508 e. The van der Waals surface area contributed by atoms with Crippen LogP contribution >= 0.6 is 23.2 Å². The molecule has 5 rings (SSSR count). The molecule has 36 heavy (non-hydrogen) atoms. The van der Waals surface area contributed by atoms with Crippen LogP contribution in [0.5, 0.6) is 5.75 Å². The van der Waals surface area contributed by atoms with Crippen LogP contribution in [-0.2, 0) is 12.7 Å². The Morgan fingerprint density at radius 3 is 2.47 bits per heavy atom. The van der Waals surface area contributed by atoms with E-state index in [9.17, 15) is 23.1 Å². The van der Waals surface area contributed by atoms with Gasteiger partial charge in [0.2, 0.25) is 0 Å². The smallest absolute Gasteiger partial charge is 0.432 e. The van der Waals surface area contributed by atoms with Gasteiger partial charge in [-0.05, 0) is 35.9 Å². The van der Waals surface area contributed by atoms with Crippen molar-refractivity contribution in [1.29, 1.82) is 0 Å². The maximum absolute atomic E-state index is 14.5. The van der Waals surface area contributed by atoms with Crippen molar-refractivity contribution < 1.29 is 27.5 Å². The van der Waals surface area contributed by atoms with Gasteiger partial charge < -0.3 is 14.1 Å². The van der Waals surface area contributed by atoms with Gasteiger partial charge in [-0.3, -0.25) is 4.79 Å². The summed E-state index contributed by atoms with van der Waals surface area (Å²) < 4.78 is 50.1. The number of ketones is 1. The van der Waals surface area contributed by atoms with E-state index >= 15 is 0 Å². The van der Waals surface area contributed by atoms with Crippen molar-refractivity contribution in [3.05, 3.63) is 106 Å². The van der Waals surface area contributed by atoms with E-state index in [2.05, 4.69) is 4.98 Å². The van der Waals surface area contributed by atoms with E-state index in [4.69, 9.17) is 27.6 Å². The number of aromatic hydroxyl groups is 1. The zero-order valence-electron chi connectivity index (χ0n) is 18.2. The van der Waals surface area contributed by atoms with Crippen LogP contribution in [0.1, 0.15) is 27.5 Å². The van der Waals surface area contributed by atoms with Crippen molar-refractivity contribution in [1.82, 2.24) is 9.55 Å². The third-order valence-electron chi connectivity index (χ3n) is 5.64. The largest absolute Gasteiger partial charge is 0.508 e. The number of benzene rings is 3. The third-order valence-corrected chi connectivity index (χ3v) is 6.23. The monoisotopic (exact) mass is 530 g/mol. The zero-order chi connectivity index (χ0) is 25.6. The number of carbonyl (C=O) groups is 1. The molecule has 0 saturated heterocycles. The van der Waals surface area contributed by atoms with E-state index in [-0.39, 0.29) is 34.0 Å². The molecule has 0 radical (unpaired) electrons. The molecule has 0 atom stereocenters. The van der Waals surface area contributed by atoms with Gasteiger partial charge in [0.25, 0.3) is 11.7 Å². The van der Waals surface area contributed by atoms with E-state index in [0.29, 0.717) is 16.1 Å². The summed E-state index contributed by atoms with van der Waals surface area (Å²) >= 11 is 12.2. The first-order valence-corrected chi connectivity index (χ1v) is 11.3. The number of hydrogen-bond donors (Lipinski definition) is 1. The fourth-order valence-electron chi connectivity index (χ4n) is 4.07. The molecule has 10 heteroatoms. The molecule has 0 fully saturated rings. The molecular formula is C26H15Cl2F3N2O3. The molecule has 2 aromatic heterocycles. The molecule has 5 nitrogen and oxygen atoms in total. The summed E-state index contributed by atoms with van der Waals surface area (Å²) in [6.07, 6.45) is -3.66. The van der Waals surface area contributed by atoms with Gasteiger partial charge in [-0.15, -0.1) is 0 Å². The van der Waals surface area contributed by atoms with E-state index in [1.54, 1.807) is 30.3 Å². The van der Waals surface area contributed by atoms with E-state index in [1.165, 1.54) is 36.5 Å². The molecule has 182 valence electrons. The maximum Gasteiger partial charge on any atom is 0.432 e. The van der Waals surface area contributed by atoms with Crippen molar-refractivity contribution in [2.45, 2.75) is 12.7 Å². The Kier molecular flexibility index (Phi) is 6.02. The summed E-state index contributed by atoms with van der Waals surface area (Å²) in [5.41, 5.74) is -0.849. The number of hydrogen-bond acceptors (Lipinski definition) is 4. The first kappa shape index (κ1) is 24.0. The number of phenolic OH excluding ortho intramolecular Hbond substituents is 1. The zero-order valence-corrected chi connectivity index (χ0v) is 19.7. The van der Waals surface area contributed by atoms with Gasteiger partial charge in [0, 0.05) is 33.1 Å². The van der Waals surface area contributed by atoms with Gasteiger partial charge in [-0.2, -0.15) is 13.2 Å². The summed E-state index contributed by atoms with van der Waals surface area (Å²) in [5, 5.41) is 10.5. The first-order chi connectivity index (χ1) is 17.1. The predicted octanol–water partition coefficient (Wildman–Crippen LogP) is 7.61. The van der Waals surface area contributed by atoms with Crippen LogP contribution in [0.3, 0.4) is 0 Å². The molecule has 0 spiro atoms. The Labute approximate surface area is 212 Å². The Hall–Kier alpha value is -3.75. The number of carbonyl (C=O) groups excluding carboxylic acids is 1. The second-order valence-electron chi connectivity index (χ2n) is 7.97. The predicted molar refractivity (Wildman–Crippen MR) is 130 cm³/mol. The second kappa shape index (κ2) is 9.04. The molecule has 2 heterocycles. The van der Waals surface area contributed by atoms with Crippen molar-refractivity contribution >= 4 is 39.9 Å². The van der Waals surface area contributed by atoms with Crippen LogP contribution in [0.2, 0.25) is 10.0 Å². The molecule has 0 unspecified atom stereocenters. The minimum atomic E-state index is -4.94. The summed E-state index contributed by atoms with van der Waals surface area (Å²) in [4.78, 5) is 17.4. The van der Waals surface area contributed by atoms with Gasteiger partial charge >= 0.3 is 6.18 Å². The van der Waals surface area contributed by atoms with Crippen molar-refractivity contribution in [3.8, 4) is 17.1 Å². The Morgan fingerprint density at radius 2 is 1.78 bits per heavy atom. The Bertz CT molecular complexity index is 1610. The normalized spacial score (nSPS) is 11.8. The number of rotatable bonds is 5. The van der Waals surface area contributed by atoms with Crippen molar-refractivity contribution in [2.24, 2.45) is 0 Å². The quantitative estimate of drug-likeness (QED) is 0.237. The van der Waals surface area contributed by atoms with Crippen LogP contribution in [0.4, 0.5) is 13.2 Å². The molecule has 3 aromatic carbocycles. The average molecular weight is 531 g/mol. The standard InChI is InChI=1S/C26H15Cl2F3N2O3/c27-16-7-6-15(19(28)10-16)13-33-20-9-8-17(34)11-18(20)22(24(33)26(29,30)31)23(35)25-32-12-21(36-25)14-4-2-1-3-5-14/h1-12,34H,13H2. The van der Waals surface area contributed by atoms with Gasteiger partial charge in [0.15, 0.2) is 5.76 Å². The van der Waals surface area contributed by atoms with Crippen molar-refractivity contribution in [3.63, 3.8) is 0 Å². The minimum absolute atomic E-state index is 0.0735. The number of halogens is 5. The number of phenols is 1. The fourth-order valence-corrected chi connectivity index (χ4v) is 4.54. The summed E-state index contributed by atoms with van der Waals surface area (Å²) in [5.74, 6) is -1.65. The summed E-state index contributed by atoms with van der Waals surface area (Å²) in [6, 6.07) is 16.8. The Morgan fingerprint density at radius 1 is 1.03 bits per heavy atom.